The lowest BCUT2D eigenvalue weighted by Gasteiger charge is -2.07. The number of amides is 2. The molecule has 0 aliphatic rings. The number of carbonyl (C=O) groups excluding carboxylic acids is 2. The average Bonchev–Trinajstić information content (AvgIpc) is 3.16. The van der Waals surface area contributed by atoms with Gasteiger partial charge in [-0.15, -0.1) is 10.2 Å². The molecule has 6 nitrogen and oxygen atoms in total. The van der Waals surface area contributed by atoms with E-state index in [1.165, 1.54) is 11.3 Å². The Bertz CT molecular complexity index is 939. The molecule has 29 heavy (non-hydrogen) atoms. The van der Waals surface area contributed by atoms with Crippen LogP contribution in [0.1, 0.15) is 47.1 Å². The van der Waals surface area contributed by atoms with Gasteiger partial charge in [-0.3, -0.25) is 14.9 Å². The Kier molecular flexibility index (Phi) is 7.47. The van der Waals surface area contributed by atoms with E-state index in [0.29, 0.717) is 22.8 Å². The molecular formula is C22H24N4O2S. The number of benzene rings is 2. The van der Waals surface area contributed by atoms with Crippen molar-refractivity contribution in [1.82, 2.24) is 10.2 Å². The van der Waals surface area contributed by atoms with Crippen LogP contribution in [0.4, 0.5) is 10.8 Å². The largest absolute Gasteiger partial charge is 0.326 e. The summed E-state index contributed by atoms with van der Waals surface area (Å²) >= 11 is 1.41. The zero-order valence-corrected chi connectivity index (χ0v) is 17.2. The van der Waals surface area contributed by atoms with Crippen LogP contribution in [0.25, 0.3) is 0 Å². The summed E-state index contributed by atoms with van der Waals surface area (Å²) in [5, 5.41) is 15.2. The first-order chi connectivity index (χ1) is 14.1. The molecule has 7 heteroatoms. The number of nitrogens with one attached hydrogen (secondary N) is 2. The van der Waals surface area contributed by atoms with Gasteiger partial charge in [0.25, 0.3) is 5.91 Å². The standard InChI is InChI=1S/C22H24N4O2S/c1-2-3-5-10-20-25-26-22(29-20)24-21(28)17-11-13-18(14-12-17)23-19(27)15-16-8-6-4-7-9-16/h4,6-9,11-14H,2-3,5,10,15H2,1H3,(H,23,27)(H,24,26,28). The highest BCUT2D eigenvalue weighted by Crippen LogP contribution is 2.19. The fourth-order valence-corrected chi connectivity index (χ4v) is 3.57. The molecule has 2 N–H and O–H groups in total. The molecule has 1 heterocycles. The van der Waals surface area contributed by atoms with E-state index in [4.69, 9.17) is 0 Å². The van der Waals surface area contributed by atoms with Crippen molar-refractivity contribution in [3.63, 3.8) is 0 Å². The van der Waals surface area contributed by atoms with E-state index >= 15 is 0 Å². The van der Waals surface area contributed by atoms with Crippen molar-refractivity contribution in [2.45, 2.75) is 39.0 Å². The molecule has 0 saturated carbocycles. The Morgan fingerprint density at radius 2 is 1.69 bits per heavy atom. The Morgan fingerprint density at radius 1 is 0.931 bits per heavy atom. The summed E-state index contributed by atoms with van der Waals surface area (Å²) in [5.41, 5.74) is 2.09. The summed E-state index contributed by atoms with van der Waals surface area (Å²) in [6, 6.07) is 16.3. The Hall–Kier alpha value is -3.06. The molecule has 0 bridgehead atoms. The van der Waals surface area contributed by atoms with Gasteiger partial charge in [-0.25, -0.2) is 0 Å². The van der Waals surface area contributed by atoms with Crippen LogP contribution in [0.5, 0.6) is 0 Å². The van der Waals surface area contributed by atoms with Gasteiger partial charge in [-0.2, -0.15) is 0 Å². The Balaban J connectivity index is 1.51. The number of aryl methyl sites for hydroxylation is 1. The van der Waals surface area contributed by atoms with Crippen molar-refractivity contribution in [3.8, 4) is 0 Å². The third kappa shape index (κ3) is 6.50. The highest BCUT2D eigenvalue weighted by atomic mass is 32.1. The maximum absolute atomic E-state index is 12.4. The molecular weight excluding hydrogens is 384 g/mol. The molecule has 0 aliphatic carbocycles. The number of rotatable bonds is 9. The normalized spacial score (nSPS) is 10.5. The fraction of sp³-hybridized carbons (Fsp3) is 0.273. The van der Waals surface area contributed by atoms with E-state index in [1.54, 1.807) is 24.3 Å². The summed E-state index contributed by atoms with van der Waals surface area (Å²) in [7, 11) is 0. The van der Waals surface area contributed by atoms with Crippen molar-refractivity contribution in [1.29, 1.82) is 0 Å². The number of hydrogen-bond acceptors (Lipinski definition) is 5. The van der Waals surface area contributed by atoms with E-state index in [1.807, 2.05) is 30.3 Å². The van der Waals surface area contributed by atoms with Crippen LogP contribution in [-0.4, -0.2) is 22.0 Å². The number of aromatic nitrogens is 2. The summed E-state index contributed by atoms with van der Waals surface area (Å²) in [6.07, 6.45) is 4.59. The Morgan fingerprint density at radius 3 is 2.41 bits per heavy atom. The van der Waals surface area contributed by atoms with Crippen molar-refractivity contribution in [3.05, 3.63) is 70.7 Å². The molecule has 2 amide bonds. The fourth-order valence-electron chi connectivity index (χ4n) is 2.79. The third-order valence-corrected chi connectivity index (χ3v) is 5.22. The van der Waals surface area contributed by atoms with Crippen LogP contribution < -0.4 is 10.6 Å². The lowest BCUT2D eigenvalue weighted by Crippen LogP contribution is -2.15. The molecule has 1 aromatic heterocycles. The predicted molar refractivity (Wildman–Crippen MR) is 116 cm³/mol. The average molecular weight is 409 g/mol. The highest BCUT2D eigenvalue weighted by Gasteiger charge is 2.11. The number of hydrogen-bond donors (Lipinski definition) is 2. The van der Waals surface area contributed by atoms with E-state index in [-0.39, 0.29) is 11.8 Å². The molecule has 2 aromatic carbocycles. The predicted octanol–water partition coefficient (Wildman–Crippen LogP) is 4.70. The van der Waals surface area contributed by atoms with Crippen LogP contribution in [0, 0.1) is 0 Å². The smallest absolute Gasteiger partial charge is 0.257 e. The van der Waals surface area contributed by atoms with E-state index in [2.05, 4.69) is 27.8 Å². The zero-order chi connectivity index (χ0) is 20.5. The van der Waals surface area contributed by atoms with Gasteiger partial charge in [0.05, 0.1) is 6.42 Å². The van der Waals surface area contributed by atoms with Crippen molar-refractivity contribution in [2.24, 2.45) is 0 Å². The summed E-state index contributed by atoms with van der Waals surface area (Å²) in [4.78, 5) is 24.5. The monoisotopic (exact) mass is 408 g/mol. The van der Waals surface area contributed by atoms with Gasteiger partial charge in [-0.1, -0.05) is 61.4 Å². The second kappa shape index (κ2) is 10.5. The summed E-state index contributed by atoms with van der Waals surface area (Å²) < 4.78 is 0. The van der Waals surface area contributed by atoms with Crippen LogP contribution >= 0.6 is 11.3 Å². The summed E-state index contributed by atoms with van der Waals surface area (Å²) in [6.45, 7) is 2.16. The molecule has 0 radical (unpaired) electrons. The van der Waals surface area contributed by atoms with Crippen LogP contribution in [-0.2, 0) is 17.6 Å². The summed E-state index contributed by atoms with van der Waals surface area (Å²) in [5.74, 6) is -0.346. The first-order valence-corrected chi connectivity index (χ1v) is 10.5. The number of anilines is 2. The first kappa shape index (κ1) is 20.7. The van der Waals surface area contributed by atoms with Crippen LogP contribution in [0.3, 0.4) is 0 Å². The van der Waals surface area contributed by atoms with Crippen LogP contribution in [0.15, 0.2) is 54.6 Å². The molecule has 0 spiro atoms. The second-order valence-electron chi connectivity index (χ2n) is 6.70. The van der Waals surface area contributed by atoms with Gasteiger partial charge in [0.15, 0.2) is 0 Å². The minimum atomic E-state index is -0.247. The van der Waals surface area contributed by atoms with Gasteiger partial charge in [-0.05, 0) is 36.2 Å². The Labute approximate surface area is 174 Å². The van der Waals surface area contributed by atoms with Gasteiger partial charge in [0.2, 0.25) is 11.0 Å². The zero-order valence-electron chi connectivity index (χ0n) is 16.4. The van der Waals surface area contributed by atoms with E-state index < -0.39 is 0 Å². The lowest BCUT2D eigenvalue weighted by molar-refractivity contribution is -0.115. The van der Waals surface area contributed by atoms with Gasteiger partial charge in [0, 0.05) is 17.7 Å². The molecule has 0 saturated heterocycles. The molecule has 0 unspecified atom stereocenters. The molecule has 3 rings (SSSR count). The highest BCUT2D eigenvalue weighted by molar-refractivity contribution is 7.15. The second-order valence-corrected chi connectivity index (χ2v) is 7.76. The van der Waals surface area contributed by atoms with Gasteiger partial charge < -0.3 is 5.32 Å². The van der Waals surface area contributed by atoms with Crippen molar-refractivity contribution >= 4 is 34.0 Å². The maximum atomic E-state index is 12.4. The SMILES string of the molecule is CCCCCc1nnc(NC(=O)c2ccc(NC(=O)Cc3ccccc3)cc2)s1. The van der Waals surface area contributed by atoms with Crippen LogP contribution in [0.2, 0.25) is 0 Å². The quantitative estimate of drug-likeness (QED) is 0.503. The topological polar surface area (TPSA) is 84.0 Å². The van der Waals surface area contributed by atoms with Crippen molar-refractivity contribution in [2.75, 3.05) is 10.6 Å². The molecule has 0 atom stereocenters. The molecule has 0 fully saturated rings. The molecule has 3 aromatic rings. The minimum absolute atomic E-state index is 0.0992. The number of nitrogens with zero attached hydrogens (tertiary/aromatic N) is 2. The minimum Gasteiger partial charge on any atom is -0.326 e. The van der Waals surface area contributed by atoms with Crippen molar-refractivity contribution < 1.29 is 9.59 Å². The van der Waals surface area contributed by atoms with E-state index in [9.17, 15) is 9.59 Å². The van der Waals surface area contributed by atoms with Gasteiger partial charge >= 0.3 is 0 Å². The van der Waals surface area contributed by atoms with Gasteiger partial charge in [0.1, 0.15) is 5.01 Å². The maximum Gasteiger partial charge on any atom is 0.257 e. The first-order valence-electron chi connectivity index (χ1n) is 9.71. The molecule has 150 valence electrons. The third-order valence-electron chi connectivity index (χ3n) is 4.32. The molecule has 0 aliphatic heterocycles. The van der Waals surface area contributed by atoms with E-state index in [0.717, 1.165) is 36.3 Å². The lowest BCUT2D eigenvalue weighted by atomic mass is 10.1. The number of carbonyl (C=O) groups is 2. The number of unbranched alkanes of at least 4 members (excludes halogenated alkanes) is 2.